The van der Waals surface area contributed by atoms with Crippen molar-refractivity contribution < 1.29 is 20.7 Å². The fourth-order valence-electron chi connectivity index (χ4n) is 2.49. The minimum absolute atomic E-state index is 0. The van der Waals surface area contributed by atoms with Gasteiger partial charge in [0.05, 0.1) is 0 Å². The molecule has 0 nitrogen and oxygen atoms in total. The van der Waals surface area contributed by atoms with Crippen LogP contribution in [0.4, 0.5) is 0 Å². The predicted molar refractivity (Wildman–Crippen MR) is 88.8 cm³/mol. The summed E-state index contributed by atoms with van der Waals surface area (Å²) in [5, 5.41) is 4.27. The normalized spacial score (nSPS) is 12.1. The first-order valence-corrected chi connectivity index (χ1v) is 11.1. The molecule has 0 saturated carbocycles. The average molecular weight is 366 g/mol. The predicted octanol–water partition coefficient (Wildman–Crippen LogP) is 3.40. The summed E-state index contributed by atoms with van der Waals surface area (Å²) in [6, 6.07) is 32.6. The van der Waals surface area contributed by atoms with Crippen molar-refractivity contribution in [3.63, 3.8) is 0 Å². The molecule has 3 rings (SSSR count). The van der Waals surface area contributed by atoms with E-state index in [9.17, 15) is 0 Å². The summed E-state index contributed by atoms with van der Waals surface area (Å²) in [6.45, 7) is 0. The molecule has 0 radical (unpaired) electrons. The van der Waals surface area contributed by atoms with Gasteiger partial charge in [-0.25, -0.2) is 0 Å². The topological polar surface area (TPSA) is 0 Å². The van der Waals surface area contributed by atoms with Crippen LogP contribution in [0.2, 0.25) is 0 Å². The summed E-state index contributed by atoms with van der Waals surface area (Å²) in [5.41, 5.74) is -1.95. The van der Waals surface area contributed by atoms with Crippen molar-refractivity contribution in [2.45, 2.75) is 0 Å². The molecule has 0 heterocycles. The van der Waals surface area contributed by atoms with Gasteiger partial charge in [0.2, 0.25) is 0 Å². The van der Waals surface area contributed by atoms with Crippen LogP contribution in [0.5, 0.6) is 0 Å². The molecule has 20 heavy (non-hydrogen) atoms. The summed E-state index contributed by atoms with van der Waals surface area (Å²) < 4.78 is 0. The zero-order valence-corrected chi connectivity index (χ0v) is 13.8. The monoisotopic (exact) mass is 367 g/mol. The average Bonchev–Trinajstić information content (AvgIpc) is 2.56. The van der Waals surface area contributed by atoms with Gasteiger partial charge in [-0.1, -0.05) is 0 Å². The van der Waals surface area contributed by atoms with Gasteiger partial charge >= 0.3 is 133 Å². The van der Waals surface area contributed by atoms with Crippen LogP contribution in [0, 0.1) is 0 Å². The molecule has 0 unspecified atom stereocenters. The van der Waals surface area contributed by atoms with Crippen LogP contribution >= 0.6 is 5.59 Å². The van der Waals surface area contributed by atoms with Gasteiger partial charge in [-0.05, 0) is 0 Å². The van der Waals surface area contributed by atoms with Gasteiger partial charge in [-0.15, -0.1) is 0 Å². The van der Waals surface area contributed by atoms with Crippen LogP contribution in [0.1, 0.15) is 2.85 Å². The maximum atomic E-state index is 3.08. The molecule has 0 saturated heterocycles. The van der Waals surface area contributed by atoms with E-state index in [0.717, 1.165) is 0 Å². The molecule has 0 spiro atoms. The van der Waals surface area contributed by atoms with Crippen molar-refractivity contribution in [3.05, 3.63) is 91.0 Å². The van der Waals surface area contributed by atoms with Crippen molar-refractivity contribution in [1.29, 1.82) is 0 Å². The Morgan fingerprint density at radius 3 is 1.00 bits per heavy atom. The van der Waals surface area contributed by atoms with Crippen LogP contribution in [0.3, 0.4) is 0 Å². The van der Waals surface area contributed by atoms with Gasteiger partial charge in [0.25, 0.3) is 0 Å². The van der Waals surface area contributed by atoms with Crippen molar-refractivity contribution in [2.24, 2.45) is 0 Å². The summed E-state index contributed by atoms with van der Waals surface area (Å²) in [7, 11) is 0. The number of hydrogen-bond donors (Lipinski definition) is 0. The molecule has 0 aliphatic carbocycles. The molecule has 0 aliphatic heterocycles. The summed E-state index contributed by atoms with van der Waals surface area (Å²) in [6.07, 6.45) is 0. The Balaban J connectivity index is 0.00000121. The van der Waals surface area contributed by atoms with Crippen LogP contribution in [-0.2, 0) is 17.8 Å². The van der Waals surface area contributed by atoms with Gasteiger partial charge in [0, 0.05) is 0 Å². The van der Waals surface area contributed by atoms with Gasteiger partial charge in [0.15, 0.2) is 0 Å². The quantitative estimate of drug-likeness (QED) is 0.492. The van der Waals surface area contributed by atoms with E-state index in [1.165, 1.54) is 15.9 Å². The van der Waals surface area contributed by atoms with E-state index in [2.05, 4.69) is 109 Å². The molecule has 0 aliphatic rings. The Morgan fingerprint density at radius 1 is 0.500 bits per heavy atom. The Hall–Kier alpha value is -1.29. The van der Waals surface area contributed by atoms with Crippen LogP contribution < -0.4 is 15.9 Å². The van der Waals surface area contributed by atoms with E-state index in [0.29, 0.717) is 0 Å². The maximum absolute atomic E-state index is 3.08. The van der Waals surface area contributed by atoms with Crippen LogP contribution in [0.25, 0.3) is 0 Å². The summed E-state index contributed by atoms with van der Waals surface area (Å²) >= 11 is 3.08. The SMILES string of the molecule is [H+].[H+].[Ru][PH](c1ccccc1)(c1ccccc1)c1ccccc1. The van der Waals surface area contributed by atoms with Crippen molar-refractivity contribution in [2.75, 3.05) is 0 Å². The number of rotatable bonds is 3. The zero-order chi connectivity index (χ0) is 13.8. The van der Waals surface area contributed by atoms with E-state index in [4.69, 9.17) is 0 Å². The van der Waals surface area contributed by atoms with E-state index in [1.54, 1.807) is 0 Å². The van der Waals surface area contributed by atoms with Crippen molar-refractivity contribution in [1.82, 2.24) is 0 Å². The Bertz CT molecular complexity index is 579. The second-order valence-corrected chi connectivity index (χ2v) is 11.7. The summed E-state index contributed by atoms with van der Waals surface area (Å²) in [5.74, 6) is 0. The Kier molecular flexibility index (Phi) is 4.11. The molecule has 0 amide bonds. The number of benzene rings is 3. The minimum atomic E-state index is -1.95. The third kappa shape index (κ3) is 2.49. The second-order valence-electron chi connectivity index (χ2n) is 4.74. The molecule has 3 aromatic rings. The van der Waals surface area contributed by atoms with Crippen molar-refractivity contribution in [3.8, 4) is 0 Å². The van der Waals surface area contributed by atoms with E-state index in [1.807, 2.05) is 0 Å². The molecule has 0 fully saturated rings. The molecular weight excluding hydrogens is 348 g/mol. The molecule has 0 atom stereocenters. The molecule has 0 N–H and O–H groups in total. The van der Waals surface area contributed by atoms with Gasteiger partial charge in [-0.2, -0.15) is 0 Å². The first kappa shape index (κ1) is 13.7. The Morgan fingerprint density at radius 2 is 0.750 bits per heavy atom. The second kappa shape index (κ2) is 6.00. The summed E-state index contributed by atoms with van der Waals surface area (Å²) in [4.78, 5) is 0. The molecule has 101 valence electrons. The fourth-order valence-corrected chi connectivity index (χ4v) is 8.03. The molecule has 0 aromatic heterocycles. The van der Waals surface area contributed by atoms with E-state index in [-0.39, 0.29) is 2.85 Å². The van der Waals surface area contributed by atoms with Gasteiger partial charge in [0.1, 0.15) is 0 Å². The van der Waals surface area contributed by atoms with Crippen molar-refractivity contribution >= 4 is 21.5 Å². The Labute approximate surface area is 133 Å². The standard InChI is InChI=1S/C18H15P.Ru/c1-4-10-16(11-5-1)19(17-12-6-2-7-13-17)18-14-8-3-9-15-18;/h1-15H;/q;-1/p+3. The van der Waals surface area contributed by atoms with E-state index < -0.39 is 5.59 Å². The fraction of sp³-hybridized carbons (Fsp3) is 0. The molecule has 2 heteroatoms. The van der Waals surface area contributed by atoms with Crippen LogP contribution in [-0.4, -0.2) is 0 Å². The number of hydrogen-bond acceptors (Lipinski definition) is 0. The van der Waals surface area contributed by atoms with Gasteiger partial charge in [-0.3, -0.25) is 0 Å². The first-order valence-electron chi connectivity index (χ1n) is 6.66. The van der Waals surface area contributed by atoms with E-state index >= 15 is 0 Å². The van der Waals surface area contributed by atoms with Crippen LogP contribution in [0.15, 0.2) is 91.0 Å². The molecular formula is C18H18PRu+2. The third-order valence-corrected chi connectivity index (χ3v) is 11.4. The zero-order valence-electron chi connectivity index (χ0n) is 13.0. The van der Waals surface area contributed by atoms with Gasteiger partial charge < -0.3 is 0 Å². The first-order chi connectivity index (χ1) is 9.82. The third-order valence-electron chi connectivity index (χ3n) is 3.49. The molecule has 0 bridgehead atoms. The molecule has 3 aromatic carbocycles.